The fraction of sp³-hybridized carbons (Fsp3) is 0.350. The van der Waals surface area contributed by atoms with E-state index in [9.17, 15) is 9.18 Å². The Morgan fingerprint density at radius 1 is 1.12 bits per heavy atom. The summed E-state index contributed by atoms with van der Waals surface area (Å²) in [5, 5.41) is 0. The molecule has 0 saturated carbocycles. The Labute approximate surface area is 152 Å². The van der Waals surface area contributed by atoms with E-state index in [2.05, 4.69) is 0 Å². The second kappa shape index (κ2) is 8.67. The van der Waals surface area contributed by atoms with Crippen molar-refractivity contribution in [3.05, 3.63) is 59.9 Å². The molecule has 1 fully saturated rings. The van der Waals surface area contributed by atoms with Crippen molar-refractivity contribution in [2.45, 2.75) is 13.0 Å². The predicted molar refractivity (Wildman–Crippen MR) is 94.8 cm³/mol. The molecular weight excluding hydrogens is 337 g/mol. The fourth-order valence-corrected chi connectivity index (χ4v) is 2.79. The first-order valence-electron chi connectivity index (χ1n) is 8.66. The maximum absolute atomic E-state index is 13.1. The normalized spacial score (nSPS) is 17.0. The van der Waals surface area contributed by atoms with E-state index >= 15 is 0 Å². The Kier molecular flexibility index (Phi) is 6.07. The standard InChI is InChI=1S/C20H22FNO4/c1-2-24-17-7-9-18(10-8-17)26-14-20(23)22-11-12-25-19(13-22)15-3-5-16(21)6-4-15/h3-10,19H,2,11-14H2,1H3. The van der Waals surface area contributed by atoms with E-state index in [4.69, 9.17) is 14.2 Å². The molecular formula is C20H22FNO4. The Bertz CT molecular complexity index is 718. The van der Waals surface area contributed by atoms with Gasteiger partial charge in [0.25, 0.3) is 5.91 Å². The monoisotopic (exact) mass is 359 g/mol. The van der Waals surface area contributed by atoms with Crippen LogP contribution in [0.25, 0.3) is 0 Å². The number of rotatable bonds is 6. The summed E-state index contributed by atoms with van der Waals surface area (Å²) in [7, 11) is 0. The molecule has 0 N–H and O–H groups in total. The third-order valence-corrected chi connectivity index (χ3v) is 4.16. The van der Waals surface area contributed by atoms with Crippen molar-refractivity contribution in [2.24, 2.45) is 0 Å². The van der Waals surface area contributed by atoms with E-state index in [0.717, 1.165) is 11.3 Å². The minimum absolute atomic E-state index is 0.0376. The maximum atomic E-state index is 13.1. The summed E-state index contributed by atoms with van der Waals surface area (Å²) in [5.41, 5.74) is 0.858. The molecule has 1 amide bonds. The molecule has 0 bridgehead atoms. The highest BCUT2D eigenvalue weighted by Gasteiger charge is 2.25. The van der Waals surface area contributed by atoms with Gasteiger partial charge in [-0.1, -0.05) is 12.1 Å². The lowest BCUT2D eigenvalue weighted by molar-refractivity contribution is -0.141. The van der Waals surface area contributed by atoms with Crippen LogP contribution in [0.2, 0.25) is 0 Å². The lowest BCUT2D eigenvalue weighted by Crippen LogP contribution is -2.44. The first kappa shape index (κ1) is 18.2. The highest BCUT2D eigenvalue weighted by molar-refractivity contribution is 5.78. The van der Waals surface area contributed by atoms with Crippen LogP contribution in [0.3, 0.4) is 0 Å². The third kappa shape index (κ3) is 4.73. The zero-order valence-corrected chi connectivity index (χ0v) is 14.7. The number of hydrogen-bond donors (Lipinski definition) is 0. The van der Waals surface area contributed by atoms with Gasteiger partial charge in [0.2, 0.25) is 0 Å². The number of carbonyl (C=O) groups excluding carboxylic acids is 1. The molecule has 1 heterocycles. The highest BCUT2D eigenvalue weighted by Crippen LogP contribution is 2.23. The number of hydrogen-bond acceptors (Lipinski definition) is 4. The van der Waals surface area contributed by atoms with Crippen LogP contribution in [0.4, 0.5) is 4.39 Å². The second-order valence-electron chi connectivity index (χ2n) is 5.94. The molecule has 1 unspecified atom stereocenters. The SMILES string of the molecule is CCOc1ccc(OCC(=O)N2CCOC(c3ccc(F)cc3)C2)cc1. The van der Waals surface area contributed by atoms with Crippen molar-refractivity contribution in [1.29, 1.82) is 0 Å². The summed E-state index contributed by atoms with van der Waals surface area (Å²) in [5.74, 6) is 0.988. The van der Waals surface area contributed by atoms with E-state index in [1.807, 2.05) is 19.1 Å². The smallest absolute Gasteiger partial charge is 0.260 e. The Balaban J connectivity index is 1.53. The van der Waals surface area contributed by atoms with E-state index in [1.165, 1.54) is 12.1 Å². The van der Waals surface area contributed by atoms with Crippen molar-refractivity contribution in [1.82, 2.24) is 4.90 Å². The molecule has 1 aliphatic heterocycles. The van der Waals surface area contributed by atoms with Crippen LogP contribution in [0.15, 0.2) is 48.5 Å². The number of halogens is 1. The molecule has 0 aliphatic carbocycles. The van der Waals surface area contributed by atoms with Gasteiger partial charge < -0.3 is 19.1 Å². The molecule has 0 spiro atoms. The zero-order valence-electron chi connectivity index (χ0n) is 14.7. The predicted octanol–water partition coefficient (Wildman–Crippen LogP) is 3.20. The summed E-state index contributed by atoms with van der Waals surface area (Å²) in [6.07, 6.45) is -0.251. The Morgan fingerprint density at radius 3 is 2.42 bits per heavy atom. The van der Waals surface area contributed by atoms with Gasteiger partial charge in [-0.3, -0.25) is 4.79 Å². The molecule has 26 heavy (non-hydrogen) atoms. The molecule has 2 aromatic rings. The molecule has 5 nitrogen and oxygen atoms in total. The summed E-state index contributed by atoms with van der Waals surface area (Å²) < 4.78 is 29.7. The Hall–Kier alpha value is -2.60. The maximum Gasteiger partial charge on any atom is 0.260 e. The van der Waals surface area contributed by atoms with Gasteiger partial charge in [-0.2, -0.15) is 0 Å². The topological polar surface area (TPSA) is 48.0 Å². The van der Waals surface area contributed by atoms with Crippen molar-refractivity contribution in [2.75, 3.05) is 32.9 Å². The van der Waals surface area contributed by atoms with Crippen LogP contribution < -0.4 is 9.47 Å². The van der Waals surface area contributed by atoms with Gasteiger partial charge in [-0.25, -0.2) is 4.39 Å². The van der Waals surface area contributed by atoms with E-state index in [0.29, 0.717) is 32.1 Å². The molecule has 1 atom stereocenters. The van der Waals surface area contributed by atoms with E-state index in [-0.39, 0.29) is 24.4 Å². The molecule has 1 saturated heterocycles. The molecule has 6 heteroatoms. The lowest BCUT2D eigenvalue weighted by Gasteiger charge is -2.33. The van der Waals surface area contributed by atoms with E-state index < -0.39 is 0 Å². The first-order valence-corrected chi connectivity index (χ1v) is 8.66. The number of carbonyl (C=O) groups is 1. The molecule has 1 aliphatic rings. The highest BCUT2D eigenvalue weighted by atomic mass is 19.1. The van der Waals surface area contributed by atoms with E-state index in [1.54, 1.807) is 29.2 Å². The number of ether oxygens (including phenoxy) is 3. The number of nitrogens with zero attached hydrogens (tertiary/aromatic N) is 1. The van der Waals surface area contributed by atoms with Crippen molar-refractivity contribution < 1.29 is 23.4 Å². The number of morpholine rings is 1. The zero-order chi connectivity index (χ0) is 18.4. The van der Waals surface area contributed by atoms with Crippen molar-refractivity contribution >= 4 is 5.91 Å². The minimum Gasteiger partial charge on any atom is -0.494 e. The summed E-state index contributed by atoms with van der Waals surface area (Å²) in [4.78, 5) is 14.1. The average Bonchev–Trinajstić information content (AvgIpc) is 2.68. The molecule has 138 valence electrons. The molecule has 3 rings (SSSR count). The molecule has 0 radical (unpaired) electrons. The van der Waals surface area contributed by atoms with Crippen molar-refractivity contribution in [3.63, 3.8) is 0 Å². The van der Waals surface area contributed by atoms with Gasteiger partial charge in [0.05, 0.1) is 19.8 Å². The van der Waals surface area contributed by atoms with Crippen LogP contribution in [0.1, 0.15) is 18.6 Å². The summed E-state index contributed by atoms with van der Waals surface area (Å²) in [6, 6.07) is 13.3. The van der Waals surface area contributed by atoms with Crippen molar-refractivity contribution in [3.8, 4) is 11.5 Å². The van der Waals surface area contributed by atoms with Gasteiger partial charge in [-0.15, -0.1) is 0 Å². The van der Waals surface area contributed by atoms with Crippen LogP contribution in [-0.2, 0) is 9.53 Å². The second-order valence-corrected chi connectivity index (χ2v) is 5.94. The van der Waals surface area contributed by atoms with Gasteiger partial charge in [0, 0.05) is 6.54 Å². The minimum atomic E-state index is -0.291. The first-order chi connectivity index (χ1) is 12.7. The lowest BCUT2D eigenvalue weighted by atomic mass is 10.1. The average molecular weight is 359 g/mol. The van der Waals surface area contributed by atoms with Crippen LogP contribution >= 0.6 is 0 Å². The fourth-order valence-electron chi connectivity index (χ4n) is 2.79. The number of benzene rings is 2. The Morgan fingerprint density at radius 2 is 1.77 bits per heavy atom. The van der Waals surface area contributed by atoms with Gasteiger partial charge in [0.15, 0.2) is 6.61 Å². The number of amides is 1. The van der Waals surface area contributed by atoms with Gasteiger partial charge >= 0.3 is 0 Å². The van der Waals surface area contributed by atoms with Gasteiger partial charge in [-0.05, 0) is 48.9 Å². The van der Waals surface area contributed by atoms with Crippen LogP contribution in [0.5, 0.6) is 11.5 Å². The largest absolute Gasteiger partial charge is 0.494 e. The van der Waals surface area contributed by atoms with Gasteiger partial charge in [0.1, 0.15) is 23.4 Å². The van der Waals surface area contributed by atoms with Crippen LogP contribution in [0, 0.1) is 5.82 Å². The summed E-state index contributed by atoms with van der Waals surface area (Å²) >= 11 is 0. The summed E-state index contributed by atoms with van der Waals surface area (Å²) in [6.45, 7) is 3.87. The molecule has 2 aromatic carbocycles. The van der Waals surface area contributed by atoms with Crippen LogP contribution in [-0.4, -0.2) is 43.7 Å². The molecule has 0 aromatic heterocycles. The third-order valence-electron chi connectivity index (χ3n) is 4.16. The quantitative estimate of drug-likeness (QED) is 0.795.